The molecule has 3 rings (SSSR count). The molecule has 0 aliphatic rings. The summed E-state index contributed by atoms with van der Waals surface area (Å²) in [6.45, 7) is 10.3. The molecule has 34 heavy (non-hydrogen) atoms. The van der Waals surface area contributed by atoms with Crippen LogP contribution in [0.1, 0.15) is 36.1 Å². The molecule has 3 aromatic rings. The quantitative estimate of drug-likeness (QED) is 0.232. The van der Waals surface area contributed by atoms with Crippen LogP contribution in [0.5, 0.6) is 11.5 Å². The molecule has 0 bridgehead atoms. The molecule has 0 aromatic heterocycles. The maximum absolute atomic E-state index is 11.6. The molecule has 4 heteroatoms. The second kappa shape index (κ2) is 11.2. The highest BCUT2D eigenvalue weighted by Gasteiger charge is 2.05. The number of benzene rings is 3. The molecule has 0 spiro atoms. The highest BCUT2D eigenvalue weighted by molar-refractivity contribution is 5.89. The fourth-order valence-electron chi connectivity index (χ4n) is 2.53. The molecule has 0 unspecified atom stereocenters. The smallest absolute Gasteiger partial charge is 0.338 e. The molecule has 0 amide bonds. The van der Waals surface area contributed by atoms with E-state index in [1.165, 1.54) is 0 Å². The summed E-state index contributed by atoms with van der Waals surface area (Å²) in [6.07, 6.45) is 0. The maximum atomic E-state index is 11.6. The van der Waals surface area contributed by atoms with Crippen molar-refractivity contribution in [2.75, 3.05) is 0 Å². The van der Waals surface area contributed by atoms with Crippen molar-refractivity contribution >= 4 is 11.9 Å². The van der Waals surface area contributed by atoms with Gasteiger partial charge in [-0.1, -0.05) is 36.8 Å². The van der Waals surface area contributed by atoms with Gasteiger partial charge >= 0.3 is 11.9 Å². The molecular formula is C30H22O4. The summed E-state index contributed by atoms with van der Waals surface area (Å²) in [5, 5.41) is 0. The van der Waals surface area contributed by atoms with Crippen molar-refractivity contribution in [1.82, 2.24) is 0 Å². The standard InChI is InChI=1S/C30H22O4/c1-21(2)29(31)33-27-17-13-25(14-18-27)11-9-23-5-7-24(8-6-23)10-12-26-15-19-28(20-16-26)34-30(32)22(3)4/h5-8,13-20H,1,3H2,2,4H3. The average molecular weight is 447 g/mol. The highest BCUT2D eigenvalue weighted by Crippen LogP contribution is 2.14. The Morgan fingerprint density at radius 1 is 0.529 bits per heavy atom. The van der Waals surface area contributed by atoms with E-state index in [9.17, 15) is 9.59 Å². The molecule has 166 valence electrons. The van der Waals surface area contributed by atoms with Crippen molar-refractivity contribution in [3.8, 4) is 35.2 Å². The normalized spacial score (nSPS) is 9.47. The number of carbonyl (C=O) groups is 2. The summed E-state index contributed by atoms with van der Waals surface area (Å²) in [7, 11) is 0. The number of ether oxygens (including phenoxy) is 2. The minimum atomic E-state index is -0.455. The van der Waals surface area contributed by atoms with Crippen LogP contribution in [0.15, 0.2) is 97.1 Å². The fraction of sp³-hybridized carbons (Fsp3) is 0.0667. The maximum Gasteiger partial charge on any atom is 0.338 e. The van der Waals surface area contributed by atoms with Gasteiger partial charge in [-0.3, -0.25) is 0 Å². The van der Waals surface area contributed by atoms with Gasteiger partial charge in [-0.2, -0.15) is 0 Å². The number of carbonyl (C=O) groups excluding carboxylic acids is 2. The van der Waals surface area contributed by atoms with Crippen LogP contribution in [0.25, 0.3) is 0 Å². The van der Waals surface area contributed by atoms with Crippen LogP contribution >= 0.6 is 0 Å². The van der Waals surface area contributed by atoms with E-state index in [2.05, 4.69) is 36.8 Å². The van der Waals surface area contributed by atoms with Crippen molar-refractivity contribution in [2.24, 2.45) is 0 Å². The van der Waals surface area contributed by atoms with E-state index in [0.717, 1.165) is 22.3 Å². The zero-order valence-electron chi connectivity index (χ0n) is 19.0. The molecule has 0 saturated heterocycles. The minimum absolute atomic E-state index is 0.344. The molecule has 0 aliphatic carbocycles. The third kappa shape index (κ3) is 7.12. The predicted octanol–water partition coefficient (Wildman–Crippen LogP) is 5.45. The number of rotatable bonds is 4. The second-order valence-electron chi connectivity index (χ2n) is 7.47. The van der Waals surface area contributed by atoms with Crippen molar-refractivity contribution in [1.29, 1.82) is 0 Å². The molecule has 0 fully saturated rings. The van der Waals surface area contributed by atoms with Gasteiger partial charge in [-0.25, -0.2) is 9.59 Å². The predicted molar refractivity (Wildman–Crippen MR) is 132 cm³/mol. The van der Waals surface area contributed by atoms with E-state index in [4.69, 9.17) is 9.47 Å². The first-order valence-electron chi connectivity index (χ1n) is 10.4. The van der Waals surface area contributed by atoms with Crippen molar-refractivity contribution in [3.63, 3.8) is 0 Å². The van der Waals surface area contributed by atoms with Crippen LogP contribution in [0.3, 0.4) is 0 Å². The first-order chi connectivity index (χ1) is 16.3. The minimum Gasteiger partial charge on any atom is -0.423 e. The van der Waals surface area contributed by atoms with Gasteiger partial charge in [0, 0.05) is 33.4 Å². The molecule has 0 radical (unpaired) electrons. The molecular weight excluding hydrogens is 424 g/mol. The third-order valence-electron chi connectivity index (χ3n) is 4.41. The van der Waals surface area contributed by atoms with Crippen LogP contribution in [-0.2, 0) is 9.59 Å². The molecule has 3 aromatic carbocycles. The molecule has 0 aliphatic heterocycles. The van der Waals surface area contributed by atoms with Gasteiger partial charge in [-0.15, -0.1) is 0 Å². The lowest BCUT2D eigenvalue weighted by molar-refractivity contribution is -0.130. The largest absolute Gasteiger partial charge is 0.423 e. The fourth-order valence-corrected chi connectivity index (χ4v) is 2.53. The zero-order valence-corrected chi connectivity index (χ0v) is 19.0. The Hall–Kier alpha value is -4.80. The first-order valence-corrected chi connectivity index (χ1v) is 10.4. The number of esters is 2. The summed E-state index contributed by atoms with van der Waals surface area (Å²) in [6, 6.07) is 21.6. The van der Waals surface area contributed by atoms with Crippen molar-refractivity contribution in [2.45, 2.75) is 13.8 Å². The zero-order chi connectivity index (χ0) is 24.5. The Kier molecular flexibility index (Phi) is 7.84. The summed E-state index contributed by atoms with van der Waals surface area (Å²) < 4.78 is 10.3. The van der Waals surface area contributed by atoms with E-state index in [1.54, 1.807) is 62.4 Å². The van der Waals surface area contributed by atoms with Crippen LogP contribution in [-0.4, -0.2) is 11.9 Å². The molecule has 4 nitrogen and oxygen atoms in total. The van der Waals surface area contributed by atoms with Gasteiger partial charge < -0.3 is 9.47 Å². The lowest BCUT2D eigenvalue weighted by atomic mass is 10.1. The SMILES string of the molecule is C=C(C)C(=O)Oc1ccc(C#Cc2ccc(C#Cc3ccc(OC(=O)C(=C)C)cc3)cc2)cc1. The van der Waals surface area contributed by atoms with E-state index in [-0.39, 0.29) is 0 Å². The van der Waals surface area contributed by atoms with Crippen LogP contribution < -0.4 is 9.47 Å². The Bertz CT molecular complexity index is 1240. The molecule has 0 heterocycles. The lowest BCUT2D eigenvalue weighted by Crippen LogP contribution is -2.07. The van der Waals surface area contributed by atoms with Gasteiger partial charge in [0.05, 0.1) is 0 Å². The van der Waals surface area contributed by atoms with Crippen LogP contribution in [0, 0.1) is 23.7 Å². The highest BCUT2D eigenvalue weighted by atomic mass is 16.5. The second-order valence-corrected chi connectivity index (χ2v) is 7.47. The Labute approximate surface area is 199 Å². The van der Waals surface area contributed by atoms with E-state index < -0.39 is 11.9 Å². The lowest BCUT2D eigenvalue weighted by Gasteiger charge is -2.03. The number of hydrogen-bond donors (Lipinski definition) is 0. The summed E-state index contributed by atoms with van der Waals surface area (Å²) in [5.74, 6) is 12.4. The molecule has 0 atom stereocenters. The van der Waals surface area contributed by atoms with E-state index in [1.807, 2.05) is 24.3 Å². The average Bonchev–Trinajstić information content (AvgIpc) is 2.83. The third-order valence-corrected chi connectivity index (χ3v) is 4.41. The first kappa shape index (κ1) is 23.9. The Morgan fingerprint density at radius 3 is 1.00 bits per heavy atom. The van der Waals surface area contributed by atoms with Gasteiger partial charge in [0.2, 0.25) is 0 Å². The Morgan fingerprint density at radius 2 is 0.765 bits per heavy atom. The van der Waals surface area contributed by atoms with Crippen LogP contribution in [0.4, 0.5) is 0 Å². The van der Waals surface area contributed by atoms with Gasteiger partial charge in [-0.05, 0) is 86.6 Å². The molecule has 0 saturated carbocycles. The van der Waals surface area contributed by atoms with Gasteiger partial charge in [0.25, 0.3) is 0 Å². The van der Waals surface area contributed by atoms with E-state index >= 15 is 0 Å². The summed E-state index contributed by atoms with van der Waals surface area (Å²) >= 11 is 0. The summed E-state index contributed by atoms with van der Waals surface area (Å²) in [5.41, 5.74) is 4.00. The van der Waals surface area contributed by atoms with Crippen molar-refractivity contribution in [3.05, 3.63) is 119 Å². The monoisotopic (exact) mass is 446 g/mol. The molecule has 0 N–H and O–H groups in total. The Balaban J connectivity index is 1.60. The van der Waals surface area contributed by atoms with Gasteiger partial charge in [0.1, 0.15) is 11.5 Å². The topological polar surface area (TPSA) is 52.6 Å². The van der Waals surface area contributed by atoms with Gasteiger partial charge in [0.15, 0.2) is 0 Å². The summed E-state index contributed by atoms with van der Waals surface area (Å²) in [4.78, 5) is 23.1. The van der Waals surface area contributed by atoms with Crippen molar-refractivity contribution < 1.29 is 19.1 Å². The number of hydrogen-bond acceptors (Lipinski definition) is 4. The van der Waals surface area contributed by atoms with E-state index in [0.29, 0.717) is 22.6 Å². The van der Waals surface area contributed by atoms with Crippen LogP contribution in [0.2, 0.25) is 0 Å².